The first-order valence-electron chi connectivity index (χ1n) is 5.45. The van der Waals surface area contributed by atoms with Gasteiger partial charge in [0.1, 0.15) is 0 Å². The molecule has 0 atom stereocenters. The Bertz CT molecular complexity index is 339. The van der Waals surface area contributed by atoms with E-state index in [1.54, 1.807) is 6.07 Å². The zero-order valence-electron chi connectivity index (χ0n) is 9.82. The van der Waals surface area contributed by atoms with Crippen LogP contribution in [0, 0.1) is 0 Å². The summed E-state index contributed by atoms with van der Waals surface area (Å²) in [6.45, 7) is 3.07. The summed E-state index contributed by atoms with van der Waals surface area (Å²) < 4.78 is 10.5. The minimum atomic E-state index is 0.112. The smallest absolute Gasteiger partial charge is 0.203 e. The van der Waals surface area contributed by atoms with Crippen molar-refractivity contribution in [1.82, 2.24) is 0 Å². The molecule has 1 aromatic carbocycles. The molecule has 1 rings (SSSR count). The molecule has 1 aromatic rings. The minimum Gasteiger partial charge on any atom is -0.504 e. The van der Waals surface area contributed by atoms with Gasteiger partial charge in [0.15, 0.2) is 11.5 Å². The molecule has 0 bridgehead atoms. The third kappa shape index (κ3) is 3.03. The largest absolute Gasteiger partial charge is 0.504 e. The SMILES string of the molecule is CCOc1cc(CCCN)cc(O)c1OC. The molecule has 0 spiro atoms. The predicted octanol–water partition coefficient (Wildman–Crippen LogP) is 1.69. The van der Waals surface area contributed by atoms with Crippen molar-refractivity contribution in [2.24, 2.45) is 5.73 Å². The summed E-state index contributed by atoms with van der Waals surface area (Å²) in [5, 5.41) is 9.76. The number of phenols is 1. The number of methoxy groups -OCH3 is 1. The lowest BCUT2D eigenvalue weighted by molar-refractivity contribution is 0.300. The monoisotopic (exact) mass is 225 g/mol. The fourth-order valence-electron chi connectivity index (χ4n) is 1.56. The number of benzene rings is 1. The Morgan fingerprint density at radius 1 is 1.38 bits per heavy atom. The van der Waals surface area contributed by atoms with E-state index in [0.717, 1.165) is 18.4 Å². The number of hydrogen-bond donors (Lipinski definition) is 2. The molecule has 0 aliphatic heterocycles. The van der Waals surface area contributed by atoms with Crippen LogP contribution >= 0.6 is 0 Å². The van der Waals surface area contributed by atoms with Crippen molar-refractivity contribution in [1.29, 1.82) is 0 Å². The summed E-state index contributed by atoms with van der Waals surface area (Å²) in [7, 11) is 1.51. The van der Waals surface area contributed by atoms with E-state index in [1.165, 1.54) is 7.11 Å². The second kappa shape index (κ2) is 6.23. The lowest BCUT2D eigenvalue weighted by atomic mass is 10.1. The van der Waals surface area contributed by atoms with Crippen LogP contribution in [0.4, 0.5) is 0 Å². The summed E-state index contributed by atoms with van der Waals surface area (Å²) in [5.74, 6) is 1.08. The molecule has 0 amide bonds. The van der Waals surface area contributed by atoms with Crippen molar-refractivity contribution in [3.63, 3.8) is 0 Å². The molecule has 0 aromatic heterocycles. The number of rotatable bonds is 6. The van der Waals surface area contributed by atoms with Gasteiger partial charge in [-0.25, -0.2) is 0 Å². The van der Waals surface area contributed by atoms with E-state index in [-0.39, 0.29) is 5.75 Å². The number of ether oxygens (including phenoxy) is 2. The highest BCUT2D eigenvalue weighted by atomic mass is 16.5. The highest BCUT2D eigenvalue weighted by Gasteiger charge is 2.11. The first-order valence-corrected chi connectivity index (χ1v) is 5.45. The zero-order valence-corrected chi connectivity index (χ0v) is 9.82. The molecule has 16 heavy (non-hydrogen) atoms. The normalized spacial score (nSPS) is 10.2. The number of aryl methyl sites for hydroxylation is 1. The van der Waals surface area contributed by atoms with E-state index in [9.17, 15) is 5.11 Å². The molecule has 0 aliphatic rings. The van der Waals surface area contributed by atoms with E-state index in [2.05, 4.69) is 0 Å². The fraction of sp³-hybridized carbons (Fsp3) is 0.500. The van der Waals surface area contributed by atoms with E-state index in [4.69, 9.17) is 15.2 Å². The van der Waals surface area contributed by atoms with Gasteiger partial charge in [-0.1, -0.05) is 0 Å². The lowest BCUT2D eigenvalue weighted by Crippen LogP contribution is -2.01. The maximum atomic E-state index is 9.76. The van der Waals surface area contributed by atoms with Crippen LogP contribution in [0.25, 0.3) is 0 Å². The van der Waals surface area contributed by atoms with Gasteiger partial charge in [-0.15, -0.1) is 0 Å². The average molecular weight is 225 g/mol. The molecule has 0 unspecified atom stereocenters. The standard InChI is InChI=1S/C12H19NO3/c1-3-16-11-8-9(5-4-6-13)7-10(14)12(11)15-2/h7-8,14H,3-6,13H2,1-2H3. The molecule has 0 aliphatic carbocycles. The second-order valence-electron chi connectivity index (χ2n) is 3.47. The Morgan fingerprint density at radius 3 is 2.69 bits per heavy atom. The van der Waals surface area contributed by atoms with Crippen LogP contribution in [0.5, 0.6) is 17.2 Å². The third-order valence-corrected chi connectivity index (χ3v) is 2.27. The molecule has 4 heteroatoms. The quantitative estimate of drug-likeness (QED) is 0.773. The van der Waals surface area contributed by atoms with E-state index in [0.29, 0.717) is 24.7 Å². The topological polar surface area (TPSA) is 64.7 Å². The molecule has 0 radical (unpaired) electrons. The fourth-order valence-corrected chi connectivity index (χ4v) is 1.56. The first kappa shape index (κ1) is 12.6. The maximum absolute atomic E-state index is 9.76. The number of aromatic hydroxyl groups is 1. The van der Waals surface area contributed by atoms with Gasteiger partial charge >= 0.3 is 0 Å². The molecule has 0 fully saturated rings. The number of nitrogens with two attached hydrogens (primary N) is 1. The summed E-state index contributed by atoms with van der Waals surface area (Å²) in [5.41, 5.74) is 6.46. The Kier molecular flexibility index (Phi) is 4.92. The Hall–Kier alpha value is -1.42. The van der Waals surface area contributed by atoms with Crippen molar-refractivity contribution in [3.8, 4) is 17.2 Å². The van der Waals surface area contributed by atoms with Crippen molar-refractivity contribution in [3.05, 3.63) is 17.7 Å². The van der Waals surface area contributed by atoms with Crippen molar-refractivity contribution >= 4 is 0 Å². The van der Waals surface area contributed by atoms with Gasteiger partial charge in [0.25, 0.3) is 0 Å². The first-order chi connectivity index (χ1) is 7.72. The summed E-state index contributed by atoms with van der Waals surface area (Å²) in [4.78, 5) is 0. The van der Waals surface area contributed by atoms with Gasteiger partial charge in [0.05, 0.1) is 13.7 Å². The molecule has 4 nitrogen and oxygen atoms in total. The van der Waals surface area contributed by atoms with Gasteiger partial charge in [0.2, 0.25) is 5.75 Å². The highest BCUT2D eigenvalue weighted by molar-refractivity contribution is 5.53. The molecule has 90 valence electrons. The van der Waals surface area contributed by atoms with Crippen LogP contribution in [0.15, 0.2) is 12.1 Å². The van der Waals surface area contributed by atoms with Crippen LogP contribution in [-0.2, 0) is 6.42 Å². The summed E-state index contributed by atoms with van der Waals surface area (Å²) >= 11 is 0. The molecular formula is C12H19NO3. The predicted molar refractivity (Wildman–Crippen MR) is 63.2 cm³/mol. The van der Waals surface area contributed by atoms with Gasteiger partial charge < -0.3 is 20.3 Å². The molecule has 0 saturated heterocycles. The number of hydrogen-bond acceptors (Lipinski definition) is 4. The van der Waals surface area contributed by atoms with E-state index in [1.807, 2.05) is 13.0 Å². The Morgan fingerprint density at radius 2 is 2.12 bits per heavy atom. The van der Waals surface area contributed by atoms with Crippen LogP contribution in [0.1, 0.15) is 18.9 Å². The molecule has 0 saturated carbocycles. The van der Waals surface area contributed by atoms with Gasteiger partial charge in [0, 0.05) is 0 Å². The molecule has 3 N–H and O–H groups in total. The van der Waals surface area contributed by atoms with Crippen molar-refractivity contribution in [2.75, 3.05) is 20.3 Å². The Balaban J connectivity index is 2.97. The van der Waals surface area contributed by atoms with Gasteiger partial charge in [-0.05, 0) is 44.0 Å². The molecule has 0 heterocycles. The van der Waals surface area contributed by atoms with Crippen molar-refractivity contribution < 1.29 is 14.6 Å². The van der Waals surface area contributed by atoms with Gasteiger partial charge in [-0.2, -0.15) is 0 Å². The third-order valence-electron chi connectivity index (χ3n) is 2.27. The zero-order chi connectivity index (χ0) is 12.0. The van der Waals surface area contributed by atoms with E-state index < -0.39 is 0 Å². The van der Waals surface area contributed by atoms with Crippen LogP contribution in [-0.4, -0.2) is 25.4 Å². The van der Waals surface area contributed by atoms with E-state index >= 15 is 0 Å². The van der Waals surface area contributed by atoms with Crippen LogP contribution < -0.4 is 15.2 Å². The molecular weight excluding hydrogens is 206 g/mol. The maximum Gasteiger partial charge on any atom is 0.203 e. The van der Waals surface area contributed by atoms with Crippen molar-refractivity contribution in [2.45, 2.75) is 19.8 Å². The van der Waals surface area contributed by atoms with Gasteiger partial charge in [-0.3, -0.25) is 0 Å². The minimum absolute atomic E-state index is 0.112. The second-order valence-corrected chi connectivity index (χ2v) is 3.47. The summed E-state index contributed by atoms with van der Waals surface area (Å²) in [6.07, 6.45) is 1.71. The number of phenolic OH excluding ortho intramolecular Hbond substituents is 1. The van der Waals surface area contributed by atoms with Crippen LogP contribution in [0.2, 0.25) is 0 Å². The summed E-state index contributed by atoms with van der Waals surface area (Å²) in [6, 6.07) is 3.58. The van der Waals surface area contributed by atoms with Crippen LogP contribution in [0.3, 0.4) is 0 Å². The highest BCUT2D eigenvalue weighted by Crippen LogP contribution is 2.37. The lowest BCUT2D eigenvalue weighted by Gasteiger charge is -2.12. The average Bonchev–Trinajstić information content (AvgIpc) is 2.26. The Labute approximate surface area is 96.0 Å².